The lowest BCUT2D eigenvalue weighted by molar-refractivity contribution is 0.415. The Morgan fingerprint density at radius 2 is 1.15 bits per heavy atom. The molecule has 0 bridgehead atoms. The average molecular weight is 475 g/mol. The fourth-order valence-corrected chi connectivity index (χ4v) is 3.38. The highest BCUT2D eigenvalue weighted by Crippen LogP contribution is 2.29. The number of hydrogen-bond donors (Lipinski definition) is 1. The Morgan fingerprint density at radius 3 is 1.55 bits per heavy atom. The normalized spacial score (nSPS) is 9.73. The summed E-state index contributed by atoms with van der Waals surface area (Å²) in [6.45, 7) is 0. The summed E-state index contributed by atoms with van der Waals surface area (Å²) in [4.78, 5) is 7.74. The van der Waals surface area contributed by atoms with Crippen LogP contribution in [0.5, 0.6) is 11.5 Å². The number of phenolic OH excluding ortho intramolecular Hbond substituents is 1. The Balaban J connectivity index is 0.000000186. The number of aromatic nitrogens is 2. The molecule has 0 saturated carbocycles. The number of ether oxygens (including phenoxy) is 1. The molecule has 6 nitrogen and oxygen atoms in total. The average Bonchev–Trinajstić information content (AvgIpc) is 2.84. The fourth-order valence-electron chi connectivity index (χ4n) is 2.98. The van der Waals surface area contributed by atoms with Crippen LogP contribution >= 0.6 is 23.2 Å². The molecule has 2 heterocycles. The molecule has 33 heavy (non-hydrogen) atoms. The number of halogens is 2. The van der Waals surface area contributed by atoms with Gasteiger partial charge in [-0.3, -0.25) is 0 Å². The van der Waals surface area contributed by atoms with E-state index in [2.05, 4.69) is 16.0 Å². The summed E-state index contributed by atoms with van der Waals surface area (Å²) < 4.78 is 5.08. The lowest BCUT2D eigenvalue weighted by Gasteiger charge is -2.06. The van der Waals surface area contributed by atoms with Gasteiger partial charge in [-0.1, -0.05) is 47.5 Å². The molecule has 0 spiro atoms. The standard InChI is InChI=1S/C13H9ClN2O.C12H7ClN2O/c1-17-10-4-2-9(3-5-10)11-6-7-16-13(14)12(11)8-15;13-12-11(7-14)10(5-6-15-12)8-1-3-9(16)4-2-8/h2-7H,1H3;1-6,16H. The molecule has 0 unspecified atom stereocenters. The van der Waals surface area contributed by atoms with E-state index < -0.39 is 0 Å². The molecule has 0 amide bonds. The largest absolute Gasteiger partial charge is 0.508 e. The predicted octanol–water partition coefficient (Wildman–Crippen LogP) is 6.26. The summed E-state index contributed by atoms with van der Waals surface area (Å²) in [5.74, 6) is 0.954. The molecule has 0 atom stereocenters. The SMILES string of the molecule is COc1ccc(-c2ccnc(Cl)c2C#N)cc1.N#Cc1c(-c2ccc(O)cc2)ccnc1Cl. The van der Waals surface area contributed by atoms with Crippen LogP contribution in [-0.4, -0.2) is 22.2 Å². The first-order valence-corrected chi connectivity index (χ1v) is 10.3. The highest BCUT2D eigenvalue weighted by Gasteiger charge is 2.10. The van der Waals surface area contributed by atoms with E-state index in [1.54, 1.807) is 55.9 Å². The molecule has 162 valence electrons. The number of nitrogens with zero attached hydrogens (tertiary/aromatic N) is 4. The van der Waals surface area contributed by atoms with Crippen molar-refractivity contribution in [3.63, 3.8) is 0 Å². The number of hydrogen-bond acceptors (Lipinski definition) is 6. The lowest BCUT2D eigenvalue weighted by Crippen LogP contribution is -1.89. The third kappa shape index (κ3) is 5.58. The van der Waals surface area contributed by atoms with Crippen LogP contribution in [0.2, 0.25) is 10.3 Å². The van der Waals surface area contributed by atoms with Gasteiger partial charge in [0.25, 0.3) is 0 Å². The second kappa shape index (κ2) is 11.0. The van der Waals surface area contributed by atoms with E-state index in [0.717, 1.165) is 22.4 Å². The van der Waals surface area contributed by atoms with Gasteiger partial charge < -0.3 is 9.84 Å². The minimum atomic E-state index is 0.183. The van der Waals surface area contributed by atoms with E-state index in [-0.39, 0.29) is 16.1 Å². The summed E-state index contributed by atoms with van der Waals surface area (Å²) in [6.07, 6.45) is 3.13. The zero-order valence-electron chi connectivity index (χ0n) is 17.3. The zero-order chi connectivity index (χ0) is 23.8. The van der Waals surface area contributed by atoms with Crippen LogP contribution in [-0.2, 0) is 0 Å². The maximum absolute atomic E-state index is 9.18. The van der Waals surface area contributed by atoms with Gasteiger partial charge in [0.05, 0.1) is 18.2 Å². The number of aromatic hydroxyl groups is 1. The van der Waals surface area contributed by atoms with E-state index in [1.807, 2.05) is 30.3 Å². The maximum Gasteiger partial charge on any atom is 0.147 e. The molecule has 0 aliphatic carbocycles. The third-order valence-electron chi connectivity index (χ3n) is 4.61. The Kier molecular flexibility index (Phi) is 7.83. The first-order valence-electron chi connectivity index (χ1n) is 9.51. The molecular weight excluding hydrogens is 459 g/mol. The highest BCUT2D eigenvalue weighted by molar-refractivity contribution is 6.31. The second-order valence-corrected chi connectivity index (χ2v) is 7.26. The summed E-state index contributed by atoms with van der Waals surface area (Å²) in [5, 5.41) is 27.6. The lowest BCUT2D eigenvalue weighted by atomic mass is 10.0. The van der Waals surface area contributed by atoms with Gasteiger partial charge in [0, 0.05) is 23.5 Å². The van der Waals surface area contributed by atoms with E-state index >= 15 is 0 Å². The van der Waals surface area contributed by atoms with Crippen LogP contribution < -0.4 is 4.74 Å². The first-order chi connectivity index (χ1) is 16.0. The monoisotopic (exact) mass is 474 g/mol. The molecule has 4 rings (SSSR count). The first kappa shape index (κ1) is 23.6. The quantitative estimate of drug-likeness (QED) is 0.351. The molecule has 8 heteroatoms. The van der Waals surface area contributed by atoms with Gasteiger partial charge in [0.2, 0.25) is 0 Å². The minimum absolute atomic E-state index is 0.183. The van der Waals surface area contributed by atoms with Crippen molar-refractivity contribution in [3.05, 3.63) is 94.5 Å². The van der Waals surface area contributed by atoms with Crippen molar-refractivity contribution in [3.8, 4) is 45.9 Å². The number of methoxy groups -OCH3 is 1. The summed E-state index contributed by atoms with van der Waals surface area (Å²) in [7, 11) is 1.61. The Bertz CT molecular complexity index is 1340. The summed E-state index contributed by atoms with van der Waals surface area (Å²) in [6, 6.07) is 21.6. The summed E-state index contributed by atoms with van der Waals surface area (Å²) in [5.41, 5.74) is 3.94. The molecular formula is C25H16Cl2N4O2. The van der Waals surface area contributed by atoms with E-state index in [4.69, 9.17) is 38.5 Å². The van der Waals surface area contributed by atoms with Crippen molar-refractivity contribution < 1.29 is 9.84 Å². The number of rotatable bonds is 3. The van der Waals surface area contributed by atoms with Gasteiger partial charge in [-0.25, -0.2) is 9.97 Å². The molecule has 2 aromatic heterocycles. The topological polar surface area (TPSA) is 103 Å². The molecule has 1 N–H and O–H groups in total. The van der Waals surface area contributed by atoms with Crippen LogP contribution in [0.3, 0.4) is 0 Å². The highest BCUT2D eigenvalue weighted by atomic mass is 35.5. The van der Waals surface area contributed by atoms with Gasteiger partial charge in [-0.05, 0) is 47.5 Å². The van der Waals surface area contributed by atoms with Gasteiger partial charge in [-0.2, -0.15) is 10.5 Å². The van der Waals surface area contributed by atoms with Crippen LogP contribution in [0.4, 0.5) is 0 Å². The van der Waals surface area contributed by atoms with Crippen LogP contribution in [0.1, 0.15) is 11.1 Å². The molecule has 2 aromatic carbocycles. The van der Waals surface area contributed by atoms with Gasteiger partial charge in [-0.15, -0.1) is 0 Å². The Hall–Kier alpha value is -4.10. The number of benzene rings is 2. The van der Waals surface area contributed by atoms with Crippen molar-refractivity contribution in [2.75, 3.05) is 7.11 Å². The predicted molar refractivity (Wildman–Crippen MR) is 127 cm³/mol. The molecule has 0 saturated heterocycles. The number of pyridine rings is 2. The van der Waals surface area contributed by atoms with Crippen molar-refractivity contribution in [2.45, 2.75) is 0 Å². The zero-order valence-corrected chi connectivity index (χ0v) is 18.8. The van der Waals surface area contributed by atoms with Crippen LogP contribution in [0.25, 0.3) is 22.3 Å². The molecule has 0 fully saturated rings. The van der Waals surface area contributed by atoms with Crippen molar-refractivity contribution >= 4 is 23.2 Å². The van der Waals surface area contributed by atoms with Gasteiger partial charge in [0.15, 0.2) is 0 Å². The molecule has 0 radical (unpaired) electrons. The third-order valence-corrected chi connectivity index (χ3v) is 5.19. The molecule has 4 aromatic rings. The Labute approximate surface area is 200 Å². The second-order valence-electron chi connectivity index (χ2n) is 6.55. The van der Waals surface area contributed by atoms with Gasteiger partial charge >= 0.3 is 0 Å². The number of nitriles is 2. The Morgan fingerprint density at radius 1 is 0.727 bits per heavy atom. The minimum Gasteiger partial charge on any atom is -0.508 e. The van der Waals surface area contributed by atoms with Crippen molar-refractivity contribution in [2.24, 2.45) is 0 Å². The summed E-state index contributed by atoms with van der Waals surface area (Å²) >= 11 is 11.7. The van der Waals surface area contributed by atoms with Crippen LogP contribution in [0.15, 0.2) is 73.1 Å². The molecule has 0 aliphatic heterocycles. The fraction of sp³-hybridized carbons (Fsp3) is 0.0400. The maximum atomic E-state index is 9.18. The van der Waals surface area contributed by atoms with Crippen molar-refractivity contribution in [1.29, 1.82) is 10.5 Å². The van der Waals surface area contributed by atoms with E-state index in [1.165, 1.54) is 0 Å². The van der Waals surface area contributed by atoms with Crippen molar-refractivity contribution in [1.82, 2.24) is 9.97 Å². The molecule has 0 aliphatic rings. The van der Waals surface area contributed by atoms with Gasteiger partial charge in [0.1, 0.15) is 33.9 Å². The van der Waals surface area contributed by atoms with E-state index in [0.29, 0.717) is 16.7 Å². The smallest absolute Gasteiger partial charge is 0.147 e. The van der Waals surface area contributed by atoms with Crippen LogP contribution in [0, 0.1) is 22.7 Å². The van der Waals surface area contributed by atoms with E-state index in [9.17, 15) is 5.11 Å². The number of phenols is 1.